The van der Waals surface area contributed by atoms with Crippen LogP contribution in [-0.2, 0) is 6.18 Å². The maximum Gasteiger partial charge on any atom is 0.434 e. The highest BCUT2D eigenvalue weighted by Crippen LogP contribution is 2.40. The highest BCUT2D eigenvalue weighted by molar-refractivity contribution is 7.13. The third kappa shape index (κ3) is 3.03. The van der Waals surface area contributed by atoms with Crippen molar-refractivity contribution in [3.05, 3.63) is 34.2 Å². The van der Waals surface area contributed by atoms with Crippen molar-refractivity contribution in [2.24, 2.45) is 0 Å². The molecule has 0 saturated carbocycles. The first-order valence-corrected chi connectivity index (χ1v) is 9.03. The average molecular weight is 368 g/mol. The van der Waals surface area contributed by atoms with Crippen molar-refractivity contribution in [3.63, 3.8) is 0 Å². The van der Waals surface area contributed by atoms with E-state index in [2.05, 4.69) is 28.9 Å². The number of hydrogen-bond acceptors (Lipinski definition) is 4. The molecule has 3 heterocycles. The predicted molar refractivity (Wildman–Crippen MR) is 91.9 cm³/mol. The van der Waals surface area contributed by atoms with Crippen LogP contribution in [0.1, 0.15) is 55.3 Å². The van der Waals surface area contributed by atoms with Gasteiger partial charge in [0.2, 0.25) is 0 Å². The van der Waals surface area contributed by atoms with Crippen LogP contribution < -0.4 is 0 Å². The number of alkyl halides is 3. The van der Waals surface area contributed by atoms with Crippen molar-refractivity contribution in [2.45, 2.75) is 52.6 Å². The van der Waals surface area contributed by atoms with Gasteiger partial charge in [-0.3, -0.25) is 0 Å². The molecule has 0 spiro atoms. The Bertz CT molecular complexity index is 907. The predicted octanol–water partition coefficient (Wildman–Crippen LogP) is 5.39. The van der Waals surface area contributed by atoms with E-state index in [1.165, 1.54) is 5.51 Å². The SMILES string of the molecule is CCC(CC)c1cc(C)nn2c(-c3scnc3C(F)(F)F)c(C)nc12. The van der Waals surface area contributed by atoms with Crippen LogP contribution >= 0.6 is 11.3 Å². The quantitative estimate of drug-likeness (QED) is 0.620. The Kier molecular flexibility index (Phi) is 4.57. The molecule has 0 unspecified atom stereocenters. The molecule has 0 aromatic carbocycles. The summed E-state index contributed by atoms with van der Waals surface area (Å²) in [6, 6.07) is 1.99. The minimum atomic E-state index is -4.51. The molecule has 0 bridgehead atoms. The number of nitrogens with zero attached hydrogens (tertiary/aromatic N) is 4. The van der Waals surface area contributed by atoms with Gasteiger partial charge in [-0.1, -0.05) is 13.8 Å². The Morgan fingerprint density at radius 2 is 1.88 bits per heavy atom. The number of fused-ring (bicyclic) bond motifs is 1. The lowest BCUT2D eigenvalue weighted by molar-refractivity contribution is -0.140. The summed E-state index contributed by atoms with van der Waals surface area (Å²) >= 11 is 0.963. The van der Waals surface area contributed by atoms with Gasteiger partial charge in [0.05, 0.1) is 21.8 Å². The third-order valence-corrected chi connectivity index (χ3v) is 5.22. The Hall–Kier alpha value is -1.96. The van der Waals surface area contributed by atoms with Crippen LogP contribution in [0, 0.1) is 13.8 Å². The first kappa shape index (κ1) is 17.8. The van der Waals surface area contributed by atoms with Crippen LogP contribution in [0.3, 0.4) is 0 Å². The molecular weight excluding hydrogens is 349 g/mol. The van der Waals surface area contributed by atoms with Crippen LogP contribution in [0.5, 0.6) is 0 Å². The van der Waals surface area contributed by atoms with E-state index in [9.17, 15) is 13.2 Å². The van der Waals surface area contributed by atoms with E-state index in [0.29, 0.717) is 23.0 Å². The van der Waals surface area contributed by atoms with Gasteiger partial charge in [0, 0.05) is 5.56 Å². The number of hydrogen-bond donors (Lipinski definition) is 0. The molecule has 8 heteroatoms. The van der Waals surface area contributed by atoms with Crippen LogP contribution in [-0.4, -0.2) is 19.6 Å². The van der Waals surface area contributed by atoms with Crippen molar-refractivity contribution < 1.29 is 13.2 Å². The number of halogens is 3. The van der Waals surface area contributed by atoms with Crippen molar-refractivity contribution >= 4 is 17.0 Å². The second-order valence-corrected chi connectivity index (χ2v) is 6.92. The largest absolute Gasteiger partial charge is 0.434 e. The minimum absolute atomic E-state index is 0.0612. The maximum atomic E-state index is 13.3. The summed E-state index contributed by atoms with van der Waals surface area (Å²) in [5, 5.41) is 4.45. The van der Waals surface area contributed by atoms with Gasteiger partial charge in [-0.15, -0.1) is 11.3 Å². The van der Waals surface area contributed by atoms with Gasteiger partial charge in [0.1, 0.15) is 5.69 Å². The van der Waals surface area contributed by atoms with Gasteiger partial charge in [-0.25, -0.2) is 14.5 Å². The number of thiazole rings is 1. The lowest BCUT2D eigenvalue weighted by Gasteiger charge is -2.14. The monoisotopic (exact) mass is 368 g/mol. The fourth-order valence-electron chi connectivity index (χ4n) is 3.18. The lowest BCUT2D eigenvalue weighted by Crippen LogP contribution is -2.09. The van der Waals surface area contributed by atoms with Gasteiger partial charge in [-0.2, -0.15) is 18.3 Å². The standard InChI is InChI=1S/C17H19F3N4S/c1-5-11(6-2)12-7-9(3)23-24-13(10(4)22-16(12)24)14-15(17(18,19)20)21-8-25-14/h7-8,11H,5-6H2,1-4H3. The molecule has 0 fully saturated rings. The normalized spacial score (nSPS) is 12.5. The van der Waals surface area contributed by atoms with Crippen LogP contribution in [0.4, 0.5) is 13.2 Å². The topological polar surface area (TPSA) is 43.1 Å². The second kappa shape index (κ2) is 6.40. The first-order chi connectivity index (χ1) is 11.8. The van der Waals surface area contributed by atoms with E-state index < -0.39 is 11.9 Å². The average Bonchev–Trinajstić information content (AvgIpc) is 3.11. The summed E-state index contributed by atoms with van der Waals surface area (Å²) < 4.78 is 41.4. The molecule has 0 saturated heterocycles. The minimum Gasteiger partial charge on any atom is -0.239 e. The van der Waals surface area contributed by atoms with E-state index in [4.69, 9.17) is 0 Å². The van der Waals surface area contributed by atoms with Crippen molar-refractivity contribution in [1.82, 2.24) is 19.6 Å². The molecular formula is C17H19F3N4S. The molecule has 0 N–H and O–H groups in total. The fraction of sp³-hybridized carbons (Fsp3) is 0.471. The molecule has 25 heavy (non-hydrogen) atoms. The molecule has 134 valence electrons. The molecule has 3 aromatic heterocycles. The Morgan fingerprint density at radius 3 is 2.48 bits per heavy atom. The van der Waals surface area contributed by atoms with E-state index in [1.54, 1.807) is 11.4 Å². The molecule has 0 amide bonds. The number of imidazole rings is 1. The lowest BCUT2D eigenvalue weighted by atomic mass is 9.95. The molecule has 0 atom stereocenters. The van der Waals surface area contributed by atoms with Crippen LogP contribution in [0.15, 0.2) is 11.6 Å². The third-order valence-electron chi connectivity index (χ3n) is 4.39. The number of aryl methyl sites for hydroxylation is 2. The van der Waals surface area contributed by atoms with Gasteiger partial charge in [0.15, 0.2) is 11.3 Å². The Morgan fingerprint density at radius 1 is 1.20 bits per heavy atom. The van der Waals surface area contributed by atoms with E-state index >= 15 is 0 Å². The van der Waals surface area contributed by atoms with Gasteiger partial charge >= 0.3 is 6.18 Å². The molecule has 3 aromatic rings. The molecule has 3 rings (SSSR count). The summed E-state index contributed by atoms with van der Waals surface area (Å²) in [6.07, 6.45) is -2.63. The second-order valence-electron chi connectivity index (χ2n) is 6.06. The zero-order valence-corrected chi connectivity index (χ0v) is 15.3. The van der Waals surface area contributed by atoms with Crippen LogP contribution in [0.2, 0.25) is 0 Å². The first-order valence-electron chi connectivity index (χ1n) is 8.15. The highest BCUT2D eigenvalue weighted by Gasteiger charge is 2.38. The number of rotatable bonds is 4. The van der Waals surface area contributed by atoms with Gasteiger partial charge in [-0.05, 0) is 38.7 Å². The van der Waals surface area contributed by atoms with Gasteiger partial charge < -0.3 is 0 Å². The summed E-state index contributed by atoms with van der Waals surface area (Å²) in [5.41, 5.74) is 3.66. The molecule has 0 aliphatic rings. The Balaban J connectivity index is 2.32. The van der Waals surface area contributed by atoms with E-state index in [1.807, 2.05) is 13.0 Å². The molecule has 0 aliphatic heterocycles. The fourth-order valence-corrected chi connectivity index (χ4v) is 4.07. The summed E-state index contributed by atoms with van der Waals surface area (Å²) in [6.45, 7) is 7.77. The zero-order chi connectivity index (χ0) is 18.4. The molecule has 0 aliphatic carbocycles. The van der Waals surface area contributed by atoms with E-state index in [-0.39, 0.29) is 4.88 Å². The summed E-state index contributed by atoms with van der Waals surface area (Å²) in [7, 11) is 0. The maximum absolute atomic E-state index is 13.3. The highest BCUT2D eigenvalue weighted by atomic mass is 32.1. The Labute approximate surface area is 147 Å². The van der Waals surface area contributed by atoms with Gasteiger partial charge in [0.25, 0.3) is 0 Å². The molecule has 4 nitrogen and oxygen atoms in total. The van der Waals surface area contributed by atoms with Crippen LogP contribution in [0.25, 0.3) is 16.2 Å². The van der Waals surface area contributed by atoms with E-state index in [0.717, 1.165) is 35.4 Å². The van der Waals surface area contributed by atoms with Crippen molar-refractivity contribution in [3.8, 4) is 10.6 Å². The summed E-state index contributed by atoms with van der Waals surface area (Å²) in [5.74, 6) is 0.294. The molecule has 0 radical (unpaired) electrons. The van der Waals surface area contributed by atoms with Crippen molar-refractivity contribution in [2.75, 3.05) is 0 Å². The summed E-state index contributed by atoms with van der Waals surface area (Å²) in [4.78, 5) is 8.15. The smallest absolute Gasteiger partial charge is 0.239 e. The zero-order valence-electron chi connectivity index (χ0n) is 14.5. The van der Waals surface area contributed by atoms with Crippen molar-refractivity contribution in [1.29, 1.82) is 0 Å². The number of aromatic nitrogens is 4.